The van der Waals surface area contributed by atoms with E-state index in [4.69, 9.17) is 0 Å². The molecule has 0 aromatic carbocycles. The van der Waals surface area contributed by atoms with E-state index in [9.17, 15) is 9.59 Å². The minimum absolute atomic E-state index is 0.107. The molecule has 23 heavy (non-hydrogen) atoms. The number of amides is 1. The lowest BCUT2D eigenvalue weighted by Crippen LogP contribution is -2.30. The Kier molecular flexibility index (Phi) is 4.46. The summed E-state index contributed by atoms with van der Waals surface area (Å²) in [6.45, 7) is 2.18. The van der Waals surface area contributed by atoms with Crippen molar-refractivity contribution in [3.8, 4) is 0 Å². The van der Waals surface area contributed by atoms with Gasteiger partial charge in [0.25, 0.3) is 0 Å². The van der Waals surface area contributed by atoms with Crippen LogP contribution in [0.5, 0.6) is 0 Å². The van der Waals surface area contributed by atoms with Gasteiger partial charge < -0.3 is 4.90 Å². The topological polar surface area (TPSA) is 63.2 Å². The van der Waals surface area contributed by atoms with Gasteiger partial charge in [0, 0.05) is 43.5 Å². The molecule has 0 aliphatic heterocycles. The zero-order valence-corrected chi connectivity index (χ0v) is 13.1. The van der Waals surface area contributed by atoms with Crippen molar-refractivity contribution in [3.05, 3.63) is 59.2 Å². The molecule has 0 N–H and O–H groups in total. The standard InChI is InChI=1S/C18H19N3O2/c1-13(23)21(18-4-5-18)11-17-3-2-14(10-20-17)6-15-7-16(12-22)9-19-8-15/h2-3,7-10,12,18H,4-6,11H2,1H3. The zero-order valence-electron chi connectivity index (χ0n) is 13.1. The van der Waals surface area contributed by atoms with Gasteiger partial charge in [0.15, 0.2) is 6.29 Å². The molecule has 5 heteroatoms. The minimum atomic E-state index is 0.107. The second kappa shape index (κ2) is 6.69. The SMILES string of the molecule is CC(=O)N(Cc1ccc(Cc2cncc(C=O)c2)cn1)C1CC1. The maximum Gasteiger partial charge on any atom is 0.220 e. The molecule has 5 nitrogen and oxygen atoms in total. The van der Waals surface area contributed by atoms with E-state index in [1.165, 1.54) is 0 Å². The largest absolute Gasteiger partial charge is 0.334 e. The van der Waals surface area contributed by atoms with E-state index in [0.717, 1.165) is 35.9 Å². The van der Waals surface area contributed by atoms with Crippen LogP contribution in [0, 0.1) is 0 Å². The predicted molar refractivity (Wildman–Crippen MR) is 85.9 cm³/mol. The zero-order chi connectivity index (χ0) is 16.2. The van der Waals surface area contributed by atoms with Crippen molar-refractivity contribution in [1.82, 2.24) is 14.9 Å². The van der Waals surface area contributed by atoms with E-state index in [0.29, 0.717) is 24.6 Å². The molecule has 3 rings (SSSR count). The number of pyridine rings is 2. The van der Waals surface area contributed by atoms with Gasteiger partial charge in [0.1, 0.15) is 0 Å². The monoisotopic (exact) mass is 309 g/mol. The van der Waals surface area contributed by atoms with Crippen LogP contribution in [-0.2, 0) is 17.8 Å². The Morgan fingerprint density at radius 3 is 2.70 bits per heavy atom. The van der Waals surface area contributed by atoms with Gasteiger partial charge in [0.2, 0.25) is 5.91 Å². The van der Waals surface area contributed by atoms with E-state index >= 15 is 0 Å². The molecule has 1 amide bonds. The fourth-order valence-corrected chi connectivity index (χ4v) is 2.62. The van der Waals surface area contributed by atoms with Crippen LogP contribution in [0.1, 0.15) is 46.9 Å². The van der Waals surface area contributed by atoms with Crippen molar-refractivity contribution in [3.63, 3.8) is 0 Å². The summed E-state index contributed by atoms with van der Waals surface area (Å²) in [5.41, 5.74) is 3.51. The van der Waals surface area contributed by atoms with Crippen molar-refractivity contribution >= 4 is 12.2 Å². The summed E-state index contributed by atoms with van der Waals surface area (Å²) >= 11 is 0. The molecular weight excluding hydrogens is 290 g/mol. The second-order valence-electron chi connectivity index (χ2n) is 5.96. The number of rotatable bonds is 6. The first kappa shape index (κ1) is 15.3. The highest BCUT2D eigenvalue weighted by molar-refractivity contribution is 5.74. The number of hydrogen-bond donors (Lipinski definition) is 0. The highest BCUT2D eigenvalue weighted by atomic mass is 16.2. The van der Waals surface area contributed by atoms with Crippen molar-refractivity contribution in [2.24, 2.45) is 0 Å². The fourth-order valence-electron chi connectivity index (χ4n) is 2.62. The van der Waals surface area contributed by atoms with E-state index in [1.807, 2.05) is 29.3 Å². The summed E-state index contributed by atoms with van der Waals surface area (Å²) in [6.07, 6.45) is 8.80. The Hall–Kier alpha value is -2.56. The highest BCUT2D eigenvalue weighted by Crippen LogP contribution is 2.28. The number of hydrogen-bond acceptors (Lipinski definition) is 4. The summed E-state index contributed by atoms with van der Waals surface area (Å²) in [5, 5.41) is 0. The van der Waals surface area contributed by atoms with Crippen LogP contribution in [0.2, 0.25) is 0 Å². The highest BCUT2D eigenvalue weighted by Gasteiger charge is 2.30. The second-order valence-corrected chi connectivity index (χ2v) is 5.96. The smallest absolute Gasteiger partial charge is 0.220 e. The molecule has 0 atom stereocenters. The van der Waals surface area contributed by atoms with E-state index < -0.39 is 0 Å². The van der Waals surface area contributed by atoms with Gasteiger partial charge >= 0.3 is 0 Å². The molecule has 118 valence electrons. The van der Waals surface area contributed by atoms with E-state index in [-0.39, 0.29) is 5.91 Å². The molecule has 0 radical (unpaired) electrons. The summed E-state index contributed by atoms with van der Waals surface area (Å²) < 4.78 is 0. The lowest BCUT2D eigenvalue weighted by molar-refractivity contribution is -0.130. The van der Waals surface area contributed by atoms with Gasteiger partial charge in [-0.3, -0.25) is 19.6 Å². The third-order valence-corrected chi connectivity index (χ3v) is 3.97. The van der Waals surface area contributed by atoms with Gasteiger partial charge in [-0.25, -0.2) is 0 Å². The lowest BCUT2D eigenvalue weighted by Gasteiger charge is -2.20. The van der Waals surface area contributed by atoms with Crippen molar-refractivity contribution < 1.29 is 9.59 Å². The number of aldehydes is 1. The Morgan fingerprint density at radius 2 is 2.09 bits per heavy atom. The summed E-state index contributed by atoms with van der Waals surface area (Å²) in [4.78, 5) is 32.9. The molecule has 0 unspecified atom stereocenters. The number of carbonyl (C=O) groups is 2. The van der Waals surface area contributed by atoms with Crippen molar-refractivity contribution in [1.29, 1.82) is 0 Å². The molecule has 1 aliphatic rings. The first-order chi connectivity index (χ1) is 11.2. The molecule has 0 spiro atoms. The first-order valence-electron chi connectivity index (χ1n) is 7.76. The normalized spacial score (nSPS) is 13.6. The molecule has 2 aromatic heterocycles. The first-order valence-corrected chi connectivity index (χ1v) is 7.76. The maximum atomic E-state index is 11.7. The van der Waals surface area contributed by atoms with E-state index in [2.05, 4.69) is 9.97 Å². The molecule has 2 heterocycles. The van der Waals surface area contributed by atoms with Gasteiger partial charge in [-0.1, -0.05) is 6.07 Å². The summed E-state index contributed by atoms with van der Waals surface area (Å²) in [7, 11) is 0. The average molecular weight is 309 g/mol. The van der Waals surface area contributed by atoms with Gasteiger partial charge in [0.05, 0.1) is 12.2 Å². The molecule has 0 bridgehead atoms. The van der Waals surface area contributed by atoms with Gasteiger partial charge in [-0.2, -0.15) is 0 Å². The third kappa shape index (κ3) is 4.00. The molecular formula is C18H19N3O2. The van der Waals surface area contributed by atoms with Crippen molar-refractivity contribution in [2.75, 3.05) is 0 Å². The Bertz CT molecular complexity index is 708. The van der Waals surface area contributed by atoms with Crippen LogP contribution in [0.4, 0.5) is 0 Å². The van der Waals surface area contributed by atoms with Gasteiger partial charge in [-0.15, -0.1) is 0 Å². The van der Waals surface area contributed by atoms with Crippen LogP contribution in [0.3, 0.4) is 0 Å². The van der Waals surface area contributed by atoms with Crippen LogP contribution in [0.15, 0.2) is 36.8 Å². The third-order valence-electron chi connectivity index (χ3n) is 3.97. The molecule has 1 saturated carbocycles. The molecule has 0 saturated heterocycles. The Balaban J connectivity index is 1.66. The Morgan fingerprint density at radius 1 is 1.26 bits per heavy atom. The summed E-state index contributed by atoms with van der Waals surface area (Å²) in [5.74, 6) is 0.107. The predicted octanol–water partition coefficient (Wildman–Crippen LogP) is 2.39. The van der Waals surface area contributed by atoms with Crippen LogP contribution >= 0.6 is 0 Å². The van der Waals surface area contributed by atoms with Crippen LogP contribution in [-0.4, -0.2) is 33.1 Å². The van der Waals surface area contributed by atoms with Crippen molar-refractivity contribution in [2.45, 2.75) is 38.8 Å². The Labute approximate surface area is 135 Å². The van der Waals surface area contributed by atoms with E-state index in [1.54, 1.807) is 19.3 Å². The number of carbonyl (C=O) groups excluding carboxylic acids is 2. The minimum Gasteiger partial charge on any atom is -0.334 e. The molecule has 1 aliphatic carbocycles. The molecule has 1 fully saturated rings. The number of nitrogens with zero attached hydrogens (tertiary/aromatic N) is 3. The molecule has 2 aromatic rings. The fraction of sp³-hybridized carbons (Fsp3) is 0.333. The summed E-state index contributed by atoms with van der Waals surface area (Å²) in [6, 6.07) is 6.20. The van der Waals surface area contributed by atoms with Crippen LogP contribution < -0.4 is 0 Å². The average Bonchev–Trinajstić information content (AvgIpc) is 3.39. The van der Waals surface area contributed by atoms with Gasteiger partial charge in [-0.05, 0) is 36.1 Å². The maximum absolute atomic E-state index is 11.7. The quantitative estimate of drug-likeness (QED) is 0.769. The van der Waals surface area contributed by atoms with Crippen LogP contribution in [0.25, 0.3) is 0 Å². The lowest BCUT2D eigenvalue weighted by atomic mass is 10.1. The number of aromatic nitrogens is 2.